The second kappa shape index (κ2) is 6.30. The molecule has 1 heteroatoms. The van der Waals surface area contributed by atoms with Gasteiger partial charge in [0.25, 0.3) is 0 Å². The van der Waals surface area contributed by atoms with E-state index in [9.17, 15) is 0 Å². The number of benzene rings is 1. The maximum absolute atomic E-state index is 3.93. The van der Waals surface area contributed by atoms with E-state index in [-0.39, 0.29) is 0 Å². The van der Waals surface area contributed by atoms with Crippen LogP contribution in [-0.2, 0) is 0 Å². The second-order valence-electron chi connectivity index (χ2n) is 7.53. The van der Waals surface area contributed by atoms with Crippen LogP contribution in [0.5, 0.6) is 0 Å². The lowest BCUT2D eigenvalue weighted by Crippen LogP contribution is -2.43. The molecule has 112 valence electrons. The molecule has 20 heavy (non-hydrogen) atoms. The van der Waals surface area contributed by atoms with E-state index < -0.39 is 0 Å². The van der Waals surface area contributed by atoms with Crippen molar-refractivity contribution in [3.8, 4) is 0 Å². The zero-order chi connectivity index (χ0) is 14.8. The van der Waals surface area contributed by atoms with Gasteiger partial charge in [0.15, 0.2) is 0 Å². The number of nitrogens with one attached hydrogen (secondary N) is 1. The summed E-state index contributed by atoms with van der Waals surface area (Å²) in [6.45, 7) is 11.7. The van der Waals surface area contributed by atoms with E-state index in [0.717, 1.165) is 12.3 Å². The van der Waals surface area contributed by atoms with Crippen molar-refractivity contribution in [2.45, 2.75) is 72.4 Å². The topological polar surface area (TPSA) is 12.0 Å². The Hall–Kier alpha value is -0.820. The highest BCUT2D eigenvalue weighted by Gasteiger charge is 2.33. The van der Waals surface area contributed by atoms with Gasteiger partial charge in [-0.05, 0) is 49.5 Å². The molecular formula is C19H31N. The predicted octanol–water partition coefficient (Wildman–Crippen LogP) is 5.25. The molecule has 1 nitrogen and oxygen atoms in total. The lowest BCUT2D eigenvalue weighted by molar-refractivity contribution is 0.140. The molecule has 0 bridgehead atoms. The zero-order valence-corrected chi connectivity index (χ0v) is 13.9. The summed E-state index contributed by atoms with van der Waals surface area (Å²) in [7, 11) is 0. The first kappa shape index (κ1) is 15.6. The van der Waals surface area contributed by atoms with Gasteiger partial charge in [-0.3, -0.25) is 0 Å². The summed E-state index contributed by atoms with van der Waals surface area (Å²) in [6, 6.07) is 10.2. The Morgan fingerprint density at radius 3 is 2.45 bits per heavy atom. The van der Waals surface area contributed by atoms with E-state index in [0.29, 0.717) is 17.5 Å². The van der Waals surface area contributed by atoms with Crippen LogP contribution in [0, 0.1) is 18.3 Å². The molecule has 1 saturated carbocycles. The third-order valence-corrected chi connectivity index (χ3v) is 5.00. The van der Waals surface area contributed by atoms with E-state index >= 15 is 0 Å². The molecule has 1 fully saturated rings. The van der Waals surface area contributed by atoms with Crippen LogP contribution in [0.1, 0.15) is 70.5 Å². The van der Waals surface area contributed by atoms with Gasteiger partial charge in [0.2, 0.25) is 0 Å². The summed E-state index contributed by atoms with van der Waals surface area (Å²) >= 11 is 0. The third-order valence-electron chi connectivity index (χ3n) is 5.00. The Morgan fingerprint density at radius 2 is 1.90 bits per heavy atom. The van der Waals surface area contributed by atoms with Gasteiger partial charge in [0.05, 0.1) is 0 Å². The van der Waals surface area contributed by atoms with E-state index in [1.165, 1.54) is 30.4 Å². The monoisotopic (exact) mass is 273 g/mol. The van der Waals surface area contributed by atoms with Crippen molar-refractivity contribution in [2.75, 3.05) is 0 Å². The molecule has 0 aliphatic heterocycles. The number of hydrogen-bond acceptors (Lipinski definition) is 1. The van der Waals surface area contributed by atoms with Crippen LogP contribution in [0.3, 0.4) is 0 Å². The minimum Gasteiger partial charge on any atom is -0.307 e. The fraction of sp³-hybridized carbons (Fsp3) is 0.684. The standard InChI is InChI=1S/C19H31N/c1-6-17(16-9-7-14(2)8-10-16)20-18-11-12-19(4,5)13-15(18)3/h7-10,15,17-18,20H,6,11-13H2,1-5H3. The van der Waals surface area contributed by atoms with Crippen LogP contribution in [0.25, 0.3) is 0 Å². The third kappa shape index (κ3) is 3.85. The van der Waals surface area contributed by atoms with Gasteiger partial charge < -0.3 is 5.32 Å². The van der Waals surface area contributed by atoms with Gasteiger partial charge in [-0.1, -0.05) is 57.5 Å². The average molecular weight is 273 g/mol. The van der Waals surface area contributed by atoms with Crippen molar-refractivity contribution in [3.63, 3.8) is 0 Å². The summed E-state index contributed by atoms with van der Waals surface area (Å²) < 4.78 is 0. The van der Waals surface area contributed by atoms with Crippen molar-refractivity contribution in [2.24, 2.45) is 11.3 Å². The molecule has 1 aromatic carbocycles. The molecule has 3 atom stereocenters. The summed E-state index contributed by atoms with van der Waals surface area (Å²) in [4.78, 5) is 0. The van der Waals surface area contributed by atoms with E-state index in [2.05, 4.69) is 64.2 Å². The van der Waals surface area contributed by atoms with Gasteiger partial charge >= 0.3 is 0 Å². The van der Waals surface area contributed by atoms with Crippen molar-refractivity contribution in [3.05, 3.63) is 35.4 Å². The Kier molecular flexibility index (Phi) is 4.90. The fourth-order valence-corrected chi connectivity index (χ4v) is 3.70. The quantitative estimate of drug-likeness (QED) is 0.790. The molecule has 0 aromatic heterocycles. The Labute approximate surface area is 125 Å². The minimum absolute atomic E-state index is 0.504. The molecule has 0 heterocycles. The molecule has 1 aliphatic rings. The molecular weight excluding hydrogens is 242 g/mol. The normalized spacial score (nSPS) is 27.2. The van der Waals surface area contributed by atoms with Crippen molar-refractivity contribution < 1.29 is 0 Å². The molecule has 0 saturated heterocycles. The summed E-state index contributed by atoms with van der Waals surface area (Å²) in [5, 5.41) is 3.93. The molecule has 1 aromatic rings. The lowest BCUT2D eigenvalue weighted by atomic mass is 9.70. The zero-order valence-electron chi connectivity index (χ0n) is 13.9. The van der Waals surface area contributed by atoms with Crippen molar-refractivity contribution in [1.82, 2.24) is 5.32 Å². The first-order valence-corrected chi connectivity index (χ1v) is 8.24. The molecule has 3 unspecified atom stereocenters. The first-order valence-electron chi connectivity index (χ1n) is 8.24. The van der Waals surface area contributed by atoms with Gasteiger partial charge in [0.1, 0.15) is 0 Å². The Morgan fingerprint density at radius 1 is 1.25 bits per heavy atom. The van der Waals surface area contributed by atoms with Crippen LogP contribution in [0.2, 0.25) is 0 Å². The van der Waals surface area contributed by atoms with E-state index in [1.807, 2.05) is 0 Å². The highest BCUT2D eigenvalue weighted by Crippen LogP contribution is 2.39. The van der Waals surface area contributed by atoms with Gasteiger partial charge in [-0.25, -0.2) is 0 Å². The highest BCUT2D eigenvalue weighted by molar-refractivity contribution is 5.24. The summed E-state index contributed by atoms with van der Waals surface area (Å²) in [5.74, 6) is 0.776. The van der Waals surface area contributed by atoms with Crippen LogP contribution >= 0.6 is 0 Å². The highest BCUT2D eigenvalue weighted by atomic mass is 15.0. The molecule has 1 N–H and O–H groups in total. The largest absolute Gasteiger partial charge is 0.307 e. The number of rotatable bonds is 4. The van der Waals surface area contributed by atoms with E-state index in [4.69, 9.17) is 0 Å². The molecule has 2 rings (SSSR count). The summed E-state index contributed by atoms with van der Waals surface area (Å²) in [5.41, 5.74) is 3.31. The van der Waals surface area contributed by atoms with Gasteiger partial charge in [-0.15, -0.1) is 0 Å². The first-order chi connectivity index (χ1) is 9.41. The van der Waals surface area contributed by atoms with Crippen LogP contribution in [0.15, 0.2) is 24.3 Å². The molecule has 0 amide bonds. The second-order valence-corrected chi connectivity index (χ2v) is 7.53. The van der Waals surface area contributed by atoms with Crippen molar-refractivity contribution in [1.29, 1.82) is 0 Å². The molecule has 1 aliphatic carbocycles. The predicted molar refractivity (Wildman–Crippen MR) is 87.9 cm³/mol. The smallest absolute Gasteiger partial charge is 0.0320 e. The van der Waals surface area contributed by atoms with Crippen LogP contribution < -0.4 is 5.32 Å². The van der Waals surface area contributed by atoms with Crippen LogP contribution in [-0.4, -0.2) is 6.04 Å². The molecule has 0 radical (unpaired) electrons. The minimum atomic E-state index is 0.504. The Bertz CT molecular complexity index is 418. The van der Waals surface area contributed by atoms with Gasteiger partial charge in [-0.2, -0.15) is 0 Å². The van der Waals surface area contributed by atoms with Crippen molar-refractivity contribution >= 4 is 0 Å². The van der Waals surface area contributed by atoms with E-state index in [1.54, 1.807) is 0 Å². The van der Waals surface area contributed by atoms with Gasteiger partial charge in [0, 0.05) is 12.1 Å². The molecule has 0 spiro atoms. The Balaban J connectivity index is 2.02. The maximum atomic E-state index is 3.93. The summed E-state index contributed by atoms with van der Waals surface area (Å²) in [6.07, 6.45) is 5.17. The van der Waals surface area contributed by atoms with Crippen LogP contribution in [0.4, 0.5) is 0 Å². The maximum Gasteiger partial charge on any atom is 0.0320 e. The lowest BCUT2D eigenvalue weighted by Gasteiger charge is -2.41. The SMILES string of the molecule is CCC(NC1CCC(C)(C)CC1C)c1ccc(C)cc1. The number of hydrogen-bond donors (Lipinski definition) is 1. The number of aryl methyl sites for hydroxylation is 1. The average Bonchev–Trinajstić information content (AvgIpc) is 2.39. The fourth-order valence-electron chi connectivity index (χ4n) is 3.70.